The molecule has 1 unspecified atom stereocenters. The highest BCUT2D eigenvalue weighted by Crippen LogP contribution is 2.49. The van der Waals surface area contributed by atoms with Gasteiger partial charge in [-0.1, -0.05) is 36.4 Å². The zero-order chi connectivity index (χ0) is 21.4. The Hall–Kier alpha value is -1.56. The van der Waals surface area contributed by atoms with Gasteiger partial charge in [0.2, 0.25) is 0 Å². The van der Waals surface area contributed by atoms with Crippen LogP contribution in [0.1, 0.15) is 49.7 Å². The molecular weight excluding hydrogens is 454 g/mol. The number of para-hydroxylation sites is 2. The Labute approximate surface area is 197 Å². The second-order valence-electron chi connectivity index (χ2n) is 9.67. The third-order valence-electron chi connectivity index (χ3n) is 7.86. The Bertz CT molecular complexity index is 821. The highest BCUT2D eigenvalue weighted by atomic mass is 79.9. The summed E-state index contributed by atoms with van der Waals surface area (Å²) in [5, 5.41) is 12.4. The topological polar surface area (TPSA) is 38.7 Å². The lowest BCUT2D eigenvalue weighted by Crippen LogP contribution is -3.00. The van der Waals surface area contributed by atoms with Crippen LogP contribution in [-0.2, 0) is 5.60 Å². The first-order valence-electron chi connectivity index (χ1n) is 11.2. The van der Waals surface area contributed by atoms with Crippen LogP contribution in [0.15, 0.2) is 48.5 Å². The van der Waals surface area contributed by atoms with E-state index in [0.29, 0.717) is 24.4 Å². The largest absolute Gasteiger partial charge is 1.00 e. The Balaban J connectivity index is 0.00000272. The second-order valence-corrected chi connectivity index (χ2v) is 9.67. The first-order valence-corrected chi connectivity index (χ1v) is 11.2. The molecule has 0 aliphatic carbocycles. The lowest BCUT2D eigenvalue weighted by atomic mass is 9.70. The second kappa shape index (κ2) is 9.51. The highest BCUT2D eigenvalue weighted by Gasteiger charge is 2.49. The lowest BCUT2D eigenvalue weighted by molar-refractivity contribution is -0.950. The maximum absolute atomic E-state index is 12.4. The zero-order valence-electron chi connectivity index (χ0n) is 19.2. The number of fused-ring (bicyclic) bond motifs is 2. The van der Waals surface area contributed by atoms with Crippen molar-refractivity contribution >= 4 is 0 Å². The Kier molecular flexibility index (Phi) is 7.39. The minimum Gasteiger partial charge on any atom is -1.00 e. The van der Waals surface area contributed by atoms with Crippen molar-refractivity contribution in [2.75, 3.05) is 28.3 Å². The van der Waals surface area contributed by atoms with E-state index in [1.807, 2.05) is 48.5 Å². The summed E-state index contributed by atoms with van der Waals surface area (Å²) in [4.78, 5) is 0. The minimum atomic E-state index is -1.16. The number of piperidine rings is 2. The summed E-state index contributed by atoms with van der Waals surface area (Å²) in [6, 6.07) is 17.1. The molecule has 2 saturated heterocycles. The molecule has 1 N–H and O–H groups in total. The van der Waals surface area contributed by atoms with Crippen LogP contribution in [0.2, 0.25) is 0 Å². The van der Waals surface area contributed by atoms with Crippen LogP contribution < -0.4 is 26.5 Å². The molecule has 0 radical (unpaired) electrons. The molecule has 2 heterocycles. The van der Waals surface area contributed by atoms with Crippen LogP contribution in [0.3, 0.4) is 0 Å². The maximum atomic E-state index is 12.4. The third kappa shape index (κ3) is 4.37. The van der Waals surface area contributed by atoms with E-state index in [0.717, 1.165) is 40.0 Å². The Morgan fingerprint density at radius 2 is 1.32 bits per heavy atom. The van der Waals surface area contributed by atoms with Crippen molar-refractivity contribution in [1.29, 1.82) is 0 Å². The molecular formula is C26H36BrNO3. The van der Waals surface area contributed by atoms with Gasteiger partial charge < -0.3 is 36.0 Å². The zero-order valence-corrected chi connectivity index (χ0v) is 20.8. The van der Waals surface area contributed by atoms with Crippen LogP contribution in [-0.4, -0.2) is 50.0 Å². The van der Waals surface area contributed by atoms with Gasteiger partial charge in [0.15, 0.2) is 0 Å². The fourth-order valence-electron chi connectivity index (χ4n) is 6.12. The van der Waals surface area contributed by atoms with Gasteiger partial charge in [0.25, 0.3) is 0 Å². The van der Waals surface area contributed by atoms with Crippen LogP contribution in [0.25, 0.3) is 0 Å². The average molecular weight is 490 g/mol. The number of quaternary nitrogens is 1. The molecule has 3 atom stereocenters. The number of aliphatic hydroxyl groups is 1. The number of nitrogens with zero attached hydrogens (tertiary/aromatic N) is 1. The summed E-state index contributed by atoms with van der Waals surface area (Å²) in [6.07, 6.45) is 6.93. The fraction of sp³-hybridized carbons (Fsp3) is 0.538. The van der Waals surface area contributed by atoms with Crippen molar-refractivity contribution in [2.45, 2.75) is 56.2 Å². The van der Waals surface area contributed by atoms with Crippen LogP contribution >= 0.6 is 0 Å². The van der Waals surface area contributed by atoms with E-state index < -0.39 is 5.60 Å². The number of halogens is 1. The van der Waals surface area contributed by atoms with Crippen molar-refractivity contribution in [1.82, 2.24) is 0 Å². The predicted molar refractivity (Wildman–Crippen MR) is 120 cm³/mol. The molecule has 2 bridgehead atoms. The van der Waals surface area contributed by atoms with Crippen molar-refractivity contribution < 1.29 is 36.0 Å². The van der Waals surface area contributed by atoms with E-state index in [2.05, 4.69) is 14.1 Å². The van der Waals surface area contributed by atoms with Gasteiger partial charge in [-0.25, -0.2) is 0 Å². The van der Waals surface area contributed by atoms with Gasteiger partial charge in [-0.15, -0.1) is 0 Å². The van der Waals surface area contributed by atoms with Gasteiger partial charge in [-0.2, -0.15) is 0 Å². The van der Waals surface area contributed by atoms with E-state index in [4.69, 9.17) is 9.47 Å². The van der Waals surface area contributed by atoms with Crippen molar-refractivity contribution in [3.63, 3.8) is 0 Å². The van der Waals surface area contributed by atoms with Crippen molar-refractivity contribution in [2.24, 2.45) is 5.92 Å². The molecule has 2 aliphatic rings. The van der Waals surface area contributed by atoms with Crippen LogP contribution in [0.5, 0.6) is 11.5 Å². The molecule has 4 rings (SSSR count). The van der Waals surface area contributed by atoms with Gasteiger partial charge in [-0.05, 0) is 43.7 Å². The standard InChI is InChI=1S/C26H36NO3.BrH/c1-27(2)20-10-9-11-21(27)17-19(16-20)18-26(28,22-12-5-7-14-24(22)29-3)23-13-6-8-15-25(23)30-4;/h5-8,12-15,19-21,28H,9-11,16-18H2,1-4H3;1H/q+1;/p-1/t19?,20-,21+;. The molecule has 2 aliphatic heterocycles. The molecule has 2 aromatic rings. The summed E-state index contributed by atoms with van der Waals surface area (Å²) in [5.41, 5.74) is 0.482. The molecule has 0 amide bonds. The monoisotopic (exact) mass is 489 g/mol. The average Bonchev–Trinajstić information content (AvgIpc) is 2.74. The van der Waals surface area contributed by atoms with Gasteiger partial charge in [-0.3, -0.25) is 0 Å². The Morgan fingerprint density at radius 3 is 1.77 bits per heavy atom. The van der Waals surface area contributed by atoms with E-state index >= 15 is 0 Å². The molecule has 4 nitrogen and oxygen atoms in total. The molecule has 0 spiro atoms. The summed E-state index contributed by atoms with van der Waals surface area (Å²) < 4.78 is 12.5. The summed E-state index contributed by atoms with van der Waals surface area (Å²) in [6.45, 7) is 0. The van der Waals surface area contributed by atoms with Crippen LogP contribution in [0, 0.1) is 5.92 Å². The summed E-state index contributed by atoms with van der Waals surface area (Å²) in [5.74, 6) is 1.90. The maximum Gasteiger partial charge on any atom is 0.125 e. The highest BCUT2D eigenvalue weighted by molar-refractivity contribution is 5.49. The number of hydrogen-bond acceptors (Lipinski definition) is 3. The fourth-order valence-corrected chi connectivity index (χ4v) is 6.12. The number of rotatable bonds is 6. The lowest BCUT2D eigenvalue weighted by Gasteiger charge is -2.54. The summed E-state index contributed by atoms with van der Waals surface area (Å²) >= 11 is 0. The SMILES string of the molecule is COc1ccccc1C(O)(CC1C[C@H]2CCC[C@@H](C1)[N+]2(C)C)c1ccccc1OC.[Br-]. The predicted octanol–water partition coefficient (Wildman–Crippen LogP) is 1.74. The van der Waals surface area contributed by atoms with Gasteiger partial charge in [0.1, 0.15) is 17.1 Å². The van der Waals surface area contributed by atoms with Crippen molar-refractivity contribution in [3.05, 3.63) is 59.7 Å². The Morgan fingerprint density at radius 1 is 0.871 bits per heavy atom. The molecule has 0 saturated carbocycles. The smallest absolute Gasteiger partial charge is 0.125 e. The molecule has 5 heteroatoms. The molecule has 0 aromatic heterocycles. The minimum absolute atomic E-state index is 0. The first-order chi connectivity index (χ1) is 14.4. The molecule has 31 heavy (non-hydrogen) atoms. The molecule has 170 valence electrons. The third-order valence-corrected chi connectivity index (χ3v) is 7.86. The number of methoxy groups -OCH3 is 2. The van der Waals surface area contributed by atoms with Gasteiger partial charge >= 0.3 is 0 Å². The normalized spacial score (nSPS) is 24.7. The van der Waals surface area contributed by atoms with Crippen molar-refractivity contribution in [3.8, 4) is 11.5 Å². The summed E-state index contributed by atoms with van der Waals surface area (Å²) in [7, 11) is 8.15. The van der Waals surface area contributed by atoms with Gasteiger partial charge in [0.05, 0.1) is 40.4 Å². The quantitative estimate of drug-likeness (QED) is 0.628. The van der Waals surface area contributed by atoms with Crippen LogP contribution in [0.4, 0.5) is 0 Å². The molecule has 2 aromatic carbocycles. The number of benzene rings is 2. The van der Waals surface area contributed by atoms with Gasteiger partial charge in [0, 0.05) is 24.0 Å². The van der Waals surface area contributed by atoms with E-state index in [1.54, 1.807) is 14.2 Å². The number of ether oxygens (including phenoxy) is 2. The van der Waals surface area contributed by atoms with E-state index in [9.17, 15) is 5.11 Å². The van der Waals surface area contributed by atoms with E-state index in [-0.39, 0.29) is 17.0 Å². The number of hydrogen-bond donors (Lipinski definition) is 1. The first kappa shape index (κ1) is 24.1. The van der Waals surface area contributed by atoms with E-state index in [1.165, 1.54) is 19.3 Å². The molecule has 2 fully saturated rings.